The molecule has 1 saturated heterocycles. The molecule has 5 heterocycles. The molecule has 2 amide bonds. The van der Waals surface area contributed by atoms with Crippen LogP contribution >= 0.6 is 0 Å². The Morgan fingerprint density at radius 1 is 1.00 bits per heavy atom. The number of anilines is 1. The van der Waals surface area contributed by atoms with Gasteiger partial charge in [-0.1, -0.05) is 30.3 Å². The molecule has 1 atom stereocenters. The van der Waals surface area contributed by atoms with Crippen molar-refractivity contribution in [2.24, 2.45) is 7.05 Å². The Morgan fingerprint density at radius 3 is 2.56 bits per heavy atom. The molecule has 1 fully saturated rings. The van der Waals surface area contributed by atoms with E-state index in [2.05, 4.69) is 48.8 Å². The zero-order valence-electron chi connectivity index (χ0n) is 27.1. The van der Waals surface area contributed by atoms with Gasteiger partial charge in [0, 0.05) is 74.8 Å². The Hall–Kier alpha value is -5.40. The van der Waals surface area contributed by atoms with Crippen molar-refractivity contribution in [3.63, 3.8) is 0 Å². The van der Waals surface area contributed by atoms with E-state index in [0.717, 1.165) is 39.7 Å². The van der Waals surface area contributed by atoms with Crippen LogP contribution in [0.25, 0.3) is 39.1 Å². The summed E-state index contributed by atoms with van der Waals surface area (Å²) in [6.07, 6.45) is 6.73. The van der Waals surface area contributed by atoms with Crippen LogP contribution in [0.4, 0.5) is 5.69 Å². The largest absolute Gasteiger partial charge is 0.481 e. The van der Waals surface area contributed by atoms with E-state index in [0.29, 0.717) is 50.0 Å². The molecule has 2 N–H and O–H groups in total. The number of likely N-dealkylation sites (tertiary alicyclic amines) is 1. The highest BCUT2D eigenvalue weighted by atomic mass is 16.5. The molecule has 13 nitrogen and oxygen atoms in total. The number of H-pyrrole nitrogens is 1. The number of ether oxygens (including phenoxy) is 2. The minimum atomic E-state index is -1.07. The SMILES string of the molecule is COc1cc(-c2n[nH]c3ccc(NC(=O)C4(OC)CCN(CC(=O)N5CC=C(c6ccc(-c7ncn(C)n7)cc6)CC5)C4)cc23)ccn1. The number of methoxy groups -OCH3 is 2. The van der Waals surface area contributed by atoms with Crippen LogP contribution in [0.2, 0.25) is 0 Å². The summed E-state index contributed by atoms with van der Waals surface area (Å²) in [6, 6.07) is 17.5. The smallest absolute Gasteiger partial charge is 0.258 e. The van der Waals surface area contributed by atoms with Gasteiger partial charge in [0.25, 0.3) is 5.91 Å². The summed E-state index contributed by atoms with van der Waals surface area (Å²) < 4.78 is 12.8. The quantitative estimate of drug-likeness (QED) is 0.244. The maximum Gasteiger partial charge on any atom is 0.258 e. The van der Waals surface area contributed by atoms with Gasteiger partial charge in [-0.15, -0.1) is 0 Å². The summed E-state index contributed by atoms with van der Waals surface area (Å²) in [7, 11) is 4.97. The first-order valence-electron chi connectivity index (χ1n) is 15.8. The third-order valence-corrected chi connectivity index (χ3v) is 9.19. The Bertz CT molecular complexity index is 2000. The fourth-order valence-corrected chi connectivity index (χ4v) is 6.42. The molecule has 0 bridgehead atoms. The molecule has 5 aromatic rings. The van der Waals surface area contributed by atoms with Gasteiger partial charge in [-0.2, -0.15) is 10.2 Å². The van der Waals surface area contributed by atoms with E-state index in [-0.39, 0.29) is 18.4 Å². The van der Waals surface area contributed by atoms with Crippen molar-refractivity contribution in [3.05, 3.63) is 78.8 Å². The highest BCUT2D eigenvalue weighted by molar-refractivity contribution is 6.01. The number of rotatable bonds is 9. The fraction of sp³-hybridized carbons (Fsp3) is 0.314. The van der Waals surface area contributed by atoms with E-state index >= 15 is 0 Å². The van der Waals surface area contributed by atoms with Crippen molar-refractivity contribution >= 4 is 34.0 Å². The van der Waals surface area contributed by atoms with Gasteiger partial charge in [0.2, 0.25) is 11.8 Å². The molecule has 2 aliphatic rings. The molecule has 0 saturated carbocycles. The lowest BCUT2D eigenvalue weighted by molar-refractivity contribution is -0.138. The number of aromatic nitrogens is 6. The number of nitrogens with zero attached hydrogens (tertiary/aromatic N) is 7. The summed E-state index contributed by atoms with van der Waals surface area (Å²) >= 11 is 0. The van der Waals surface area contributed by atoms with Crippen LogP contribution in [0, 0.1) is 0 Å². The van der Waals surface area contributed by atoms with Gasteiger partial charge >= 0.3 is 0 Å². The number of aryl methyl sites for hydroxylation is 1. The third kappa shape index (κ3) is 6.17. The van der Waals surface area contributed by atoms with Crippen LogP contribution in [0.3, 0.4) is 0 Å². The Balaban J connectivity index is 0.963. The van der Waals surface area contributed by atoms with E-state index in [1.54, 1.807) is 31.4 Å². The van der Waals surface area contributed by atoms with Crippen LogP contribution in [-0.4, -0.2) is 104 Å². The molecule has 0 radical (unpaired) electrons. The lowest BCUT2D eigenvalue weighted by Gasteiger charge is -2.30. The van der Waals surface area contributed by atoms with E-state index in [1.165, 1.54) is 5.57 Å². The zero-order valence-corrected chi connectivity index (χ0v) is 27.1. The molecular formula is C35H37N9O4. The maximum absolute atomic E-state index is 13.7. The molecule has 48 heavy (non-hydrogen) atoms. The van der Waals surface area contributed by atoms with Crippen LogP contribution in [-0.2, 0) is 21.4 Å². The van der Waals surface area contributed by atoms with Gasteiger partial charge in [0.1, 0.15) is 12.0 Å². The molecule has 0 spiro atoms. The minimum absolute atomic E-state index is 0.0415. The number of carbonyl (C=O) groups excluding carboxylic acids is 2. The number of fused-ring (bicyclic) bond motifs is 1. The molecule has 13 heteroatoms. The van der Waals surface area contributed by atoms with Gasteiger partial charge in [-0.25, -0.2) is 9.97 Å². The lowest BCUT2D eigenvalue weighted by atomic mass is 9.98. The van der Waals surface area contributed by atoms with E-state index in [1.807, 2.05) is 59.3 Å². The number of hydrogen-bond acceptors (Lipinski definition) is 9. The number of pyridine rings is 1. The van der Waals surface area contributed by atoms with Gasteiger partial charge < -0.3 is 19.7 Å². The number of amides is 2. The highest BCUT2D eigenvalue weighted by Gasteiger charge is 2.45. The van der Waals surface area contributed by atoms with Crippen molar-refractivity contribution in [1.29, 1.82) is 0 Å². The third-order valence-electron chi connectivity index (χ3n) is 9.19. The van der Waals surface area contributed by atoms with Crippen LogP contribution in [0.1, 0.15) is 18.4 Å². The first kappa shape index (κ1) is 31.2. The van der Waals surface area contributed by atoms with Crippen molar-refractivity contribution in [2.75, 3.05) is 52.3 Å². The Kier molecular flexibility index (Phi) is 8.46. The van der Waals surface area contributed by atoms with Crippen molar-refractivity contribution in [2.45, 2.75) is 18.4 Å². The summed E-state index contributed by atoms with van der Waals surface area (Å²) in [4.78, 5) is 39.4. The van der Waals surface area contributed by atoms with Crippen molar-refractivity contribution in [1.82, 2.24) is 39.7 Å². The lowest BCUT2D eigenvalue weighted by Crippen LogP contribution is -2.48. The van der Waals surface area contributed by atoms with Crippen molar-refractivity contribution < 1.29 is 19.1 Å². The number of nitrogens with one attached hydrogen (secondary N) is 2. The topological polar surface area (TPSA) is 143 Å². The van der Waals surface area contributed by atoms with E-state index in [9.17, 15) is 9.59 Å². The van der Waals surface area contributed by atoms with Gasteiger partial charge in [0.15, 0.2) is 11.4 Å². The molecule has 2 aliphatic heterocycles. The Labute approximate surface area is 277 Å². The summed E-state index contributed by atoms with van der Waals surface area (Å²) in [5.74, 6) is 0.982. The summed E-state index contributed by atoms with van der Waals surface area (Å²) in [6.45, 7) is 2.32. The first-order valence-corrected chi connectivity index (χ1v) is 15.8. The van der Waals surface area contributed by atoms with Gasteiger partial charge in [-0.05, 0) is 48.2 Å². The predicted octanol–water partition coefficient (Wildman–Crippen LogP) is 3.77. The minimum Gasteiger partial charge on any atom is -0.481 e. The van der Waals surface area contributed by atoms with Gasteiger partial charge in [0.05, 0.1) is 19.2 Å². The van der Waals surface area contributed by atoms with E-state index in [4.69, 9.17) is 9.47 Å². The molecule has 2 aromatic carbocycles. The van der Waals surface area contributed by atoms with Crippen LogP contribution < -0.4 is 10.1 Å². The first-order chi connectivity index (χ1) is 23.3. The number of aromatic amines is 1. The number of benzene rings is 2. The second-order valence-electron chi connectivity index (χ2n) is 12.2. The standard InChI is InChI=1S/C35H37N9O4/c1-42-22-37-33(41-42)25-6-4-23(5-7-25)24-11-15-44(16-12-24)31(45)20-43-17-13-35(21-43,48-3)34(46)38-27-8-9-29-28(19-27)32(40-39-29)26-10-14-36-30(18-26)47-2/h4-11,14,18-19,22H,12-13,15-17,20-21H2,1-3H3,(H,38,46)(H,39,40). The van der Waals surface area contributed by atoms with Gasteiger partial charge in [-0.3, -0.25) is 24.3 Å². The summed E-state index contributed by atoms with van der Waals surface area (Å²) in [5.41, 5.74) is 5.28. The molecule has 7 rings (SSSR count). The zero-order chi connectivity index (χ0) is 33.3. The van der Waals surface area contributed by atoms with Crippen molar-refractivity contribution in [3.8, 4) is 28.5 Å². The molecule has 3 aromatic heterocycles. The Morgan fingerprint density at radius 2 is 1.83 bits per heavy atom. The van der Waals surface area contributed by atoms with E-state index < -0.39 is 5.60 Å². The maximum atomic E-state index is 13.7. The number of carbonyl (C=O) groups is 2. The molecule has 0 aliphatic carbocycles. The second-order valence-corrected chi connectivity index (χ2v) is 12.2. The number of hydrogen-bond donors (Lipinski definition) is 2. The summed E-state index contributed by atoms with van der Waals surface area (Å²) in [5, 5.41) is 15.8. The second kappa shape index (κ2) is 13.0. The molecule has 1 unspecified atom stereocenters. The monoisotopic (exact) mass is 647 g/mol. The predicted molar refractivity (Wildman–Crippen MR) is 181 cm³/mol. The van der Waals surface area contributed by atoms with Crippen LogP contribution in [0.15, 0.2) is 73.2 Å². The highest BCUT2D eigenvalue weighted by Crippen LogP contribution is 2.32. The average molecular weight is 648 g/mol. The molecule has 246 valence electrons. The normalized spacial score (nSPS) is 18.2. The average Bonchev–Trinajstić information content (AvgIpc) is 3.87. The molecular weight excluding hydrogens is 610 g/mol. The fourth-order valence-electron chi connectivity index (χ4n) is 6.42. The van der Waals surface area contributed by atoms with Crippen LogP contribution in [0.5, 0.6) is 5.88 Å².